The van der Waals surface area contributed by atoms with Crippen molar-refractivity contribution in [1.29, 1.82) is 0 Å². The second-order valence-corrected chi connectivity index (χ2v) is 4.93. The maximum Gasteiger partial charge on any atom is 0.251 e. The van der Waals surface area contributed by atoms with Gasteiger partial charge in [0.05, 0.1) is 0 Å². The smallest absolute Gasteiger partial charge is 0.251 e. The third kappa shape index (κ3) is 3.34. The molecule has 1 amide bonds. The number of nitrogens with one attached hydrogen (secondary N) is 1. The predicted molar refractivity (Wildman–Crippen MR) is 71.1 cm³/mol. The van der Waals surface area contributed by atoms with Crippen molar-refractivity contribution in [1.82, 2.24) is 5.32 Å². The second-order valence-electron chi connectivity index (χ2n) is 4.37. The molecule has 0 fully saturated rings. The first-order chi connectivity index (χ1) is 7.50. The van der Waals surface area contributed by atoms with Gasteiger partial charge in [0.25, 0.3) is 5.91 Å². The molecule has 1 aromatic carbocycles. The number of halogens is 1. The number of aryl methyl sites for hydroxylation is 1. The van der Waals surface area contributed by atoms with Crippen molar-refractivity contribution in [3.8, 4) is 0 Å². The quantitative estimate of drug-likeness (QED) is 0.845. The Bertz CT molecular complexity index is 372. The Morgan fingerprint density at radius 1 is 1.50 bits per heavy atom. The SMILES string of the molecule is CCC(C)(CBr)NC(=O)c1cccc(C)c1. The van der Waals surface area contributed by atoms with Crippen LogP contribution in [0.15, 0.2) is 24.3 Å². The van der Waals surface area contributed by atoms with E-state index in [1.54, 1.807) is 0 Å². The van der Waals surface area contributed by atoms with E-state index >= 15 is 0 Å². The Morgan fingerprint density at radius 3 is 2.69 bits per heavy atom. The third-order valence-electron chi connectivity index (χ3n) is 2.77. The molecule has 88 valence electrons. The topological polar surface area (TPSA) is 29.1 Å². The predicted octanol–water partition coefficient (Wildman–Crippen LogP) is 3.29. The summed E-state index contributed by atoms with van der Waals surface area (Å²) in [7, 11) is 0. The van der Waals surface area contributed by atoms with Crippen LogP contribution >= 0.6 is 15.9 Å². The van der Waals surface area contributed by atoms with Gasteiger partial charge in [-0.3, -0.25) is 4.79 Å². The monoisotopic (exact) mass is 283 g/mol. The van der Waals surface area contributed by atoms with Crippen LogP contribution in [-0.4, -0.2) is 16.8 Å². The molecule has 1 unspecified atom stereocenters. The van der Waals surface area contributed by atoms with Crippen LogP contribution in [0, 0.1) is 6.92 Å². The summed E-state index contributed by atoms with van der Waals surface area (Å²) in [5.74, 6) is -0.00694. The Balaban J connectivity index is 2.80. The zero-order valence-electron chi connectivity index (χ0n) is 10.0. The van der Waals surface area contributed by atoms with Crippen LogP contribution < -0.4 is 5.32 Å². The highest BCUT2D eigenvalue weighted by Gasteiger charge is 2.23. The van der Waals surface area contributed by atoms with E-state index in [1.807, 2.05) is 38.1 Å². The number of alkyl halides is 1. The lowest BCUT2D eigenvalue weighted by molar-refractivity contribution is 0.0913. The van der Waals surface area contributed by atoms with Gasteiger partial charge in [-0.05, 0) is 32.4 Å². The number of amides is 1. The molecule has 0 bridgehead atoms. The minimum absolute atomic E-state index is 0.00694. The fourth-order valence-electron chi connectivity index (χ4n) is 1.35. The van der Waals surface area contributed by atoms with Crippen molar-refractivity contribution in [3.63, 3.8) is 0 Å². The van der Waals surface area contributed by atoms with Gasteiger partial charge in [-0.15, -0.1) is 0 Å². The molecule has 2 nitrogen and oxygen atoms in total. The normalized spacial score (nSPS) is 14.2. The molecule has 0 radical (unpaired) electrons. The highest BCUT2D eigenvalue weighted by Crippen LogP contribution is 2.14. The molecule has 0 aromatic heterocycles. The fourth-order valence-corrected chi connectivity index (χ4v) is 1.89. The lowest BCUT2D eigenvalue weighted by Gasteiger charge is -2.27. The molecular formula is C13H18BrNO. The Kier molecular flexibility index (Phi) is 4.54. The highest BCUT2D eigenvalue weighted by molar-refractivity contribution is 9.09. The van der Waals surface area contributed by atoms with E-state index in [9.17, 15) is 4.79 Å². The van der Waals surface area contributed by atoms with E-state index in [0.717, 1.165) is 22.9 Å². The summed E-state index contributed by atoms with van der Waals surface area (Å²) in [5, 5.41) is 3.81. The number of hydrogen-bond acceptors (Lipinski definition) is 1. The number of benzene rings is 1. The summed E-state index contributed by atoms with van der Waals surface area (Å²) in [6.45, 7) is 6.09. The van der Waals surface area contributed by atoms with Gasteiger partial charge in [0, 0.05) is 16.4 Å². The molecule has 1 N–H and O–H groups in total. The van der Waals surface area contributed by atoms with Gasteiger partial charge < -0.3 is 5.32 Å². The van der Waals surface area contributed by atoms with Crippen LogP contribution in [0.4, 0.5) is 0 Å². The van der Waals surface area contributed by atoms with Crippen molar-refractivity contribution < 1.29 is 4.79 Å². The maximum atomic E-state index is 12.0. The summed E-state index contributed by atoms with van der Waals surface area (Å²) in [6.07, 6.45) is 0.899. The van der Waals surface area contributed by atoms with Crippen molar-refractivity contribution in [2.75, 3.05) is 5.33 Å². The van der Waals surface area contributed by atoms with Crippen LogP contribution in [0.25, 0.3) is 0 Å². The molecule has 0 saturated heterocycles. The largest absolute Gasteiger partial charge is 0.346 e. The average molecular weight is 284 g/mol. The molecule has 16 heavy (non-hydrogen) atoms. The average Bonchev–Trinajstić information content (AvgIpc) is 2.29. The summed E-state index contributed by atoms with van der Waals surface area (Å²) >= 11 is 3.43. The molecule has 1 aromatic rings. The highest BCUT2D eigenvalue weighted by atomic mass is 79.9. The van der Waals surface area contributed by atoms with Crippen LogP contribution in [-0.2, 0) is 0 Å². The van der Waals surface area contributed by atoms with E-state index < -0.39 is 0 Å². The molecule has 0 spiro atoms. The molecule has 3 heteroatoms. The standard InChI is InChI=1S/C13H18BrNO/c1-4-13(3,9-14)15-12(16)11-7-5-6-10(2)8-11/h5-8H,4,9H2,1-3H3,(H,15,16). The van der Waals surface area contributed by atoms with Gasteiger partial charge in [-0.1, -0.05) is 40.5 Å². The summed E-state index contributed by atoms with van der Waals surface area (Å²) in [5.41, 5.74) is 1.64. The van der Waals surface area contributed by atoms with Gasteiger partial charge >= 0.3 is 0 Å². The van der Waals surface area contributed by atoms with Crippen molar-refractivity contribution in [2.45, 2.75) is 32.7 Å². The summed E-state index contributed by atoms with van der Waals surface area (Å²) in [4.78, 5) is 12.0. The minimum atomic E-state index is -0.180. The molecule has 0 saturated carbocycles. The molecule has 0 aliphatic rings. The van der Waals surface area contributed by atoms with Crippen molar-refractivity contribution in [2.24, 2.45) is 0 Å². The summed E-state index contributed by atoms with van der Waals surface area (Å²) < 4.78 is 0. The van der Waals surface area contributed by atoms with Crippen LogP contribution in [0.5, 0.6) is 0 Å². The zero-order valence-corrected chi connectivity index (χ0v) is 11.6. The second kappa shape index (κ2) is 5.48. The van der Waals surface area contributed by atoms with E-state index in [-0.39, 0.29) is 11.4 Å². The molecule has 0 aliphatic heterocycles. The Labute approximate surface area is 106 Å². The van der Waals surface area contributed by atoms with Crippen molar-refractivity contribution >= 4 is 21.8 Å². The molecule has 0 aliphatic carbocycles. The van der Waals surface area contributed by atoms with Crippen molar-refractivity contribution in [3.05, 3.63) is 35.4 Å². The lowest BCUT2D eigenvalue weighted by atomic mass is 10.0. The van der Waals surface area contributed by atoms with Crippen LogP contribution in [0.2, 0.25) is 0 Å². The fraction of sp³-hybridized carbons (Fsp3) is 0.462. The van der Waals surface area contributed by atoms with Crippen LogP contribution in [0.1, 0.15) is 36.2 Å². The van der Waals surface area contributed by atoms with Gasteiger partial charge in [-0.25, -0.2) is 0 Å². The van der Waals surface area contributed by atoms with E-state index in [2.05, 4.69) is 28.2 Å². The van der Waals surface area contributed by atoms with Gasteiger partial charge in [-0.2, -0.15) is 0 Å². The maximum absolute atomic E-state index is 12.0. The molecule has 1 atom stereocenters. The molecule has 1 rings (SSSR count). The van der Waals surface area contributed by atoms with Gasteiger partial charge in [0.1, 0.15) is 0 Å². The Morgan fingerprint density at radius 2 is 2.19 bits per heavy atom. The molecule has 0 heterocycles. The number of hydrogen-bond donors (Lipinski definition) is 1. The van der Waals surface area contributed by atoms with Gasteiger partial charge in [0.15, 0.2) is 0 Å². The van der Waals surface area contributed by atoms with E-state index in [0.29, 0.717) is 0 Å². The molecular weight excluding hydrogens is 266 g/mol. The first-order valence-corrected chi connectivity index (χ1v) is 6.58. The van der Waals surface area contributed by atoms with E-state index in [4.69, 9.17) is 0 Å². The number of carbonyl (C=O) groups is 1. The zero-order chi connectivity index (χ0) is 12.2. The third-order valence-corrected chi connectivity index (χ3v) is 4.01. The minimum Gasteiger partial charge on any atom is -0.346 e. The first-order valence-electron chi connectivity index (χ1n) is 5.46. The van der Waals surface area contributed by atoms with E-state index in [1.165, 1.54) is 0 Å². The number of carbonyl (C=O) groups excluding carboxylic acids is 1. The first kappa shape index (κ1) is 13.2. The lowest BCUT2D eigenvalue weighted by Crippen LogP contribution is -2.46. The summed E-state index contributed by atoms with van der Waals surface area (Å²) in [6, 6.07) is 7.63. The van der Waals surface area contributed by atoms with Gasteiger partial charge in [0.2, 0.25) is 0 Å². The Hall–Kier alpha value is -0.830. The van der Waals surface area contributed by atoms with Crippen LogP contribution in [0.3, 0.4) is 0 Å². The number of rotatable bonds is 4.